The molecule has 1 heterocycles. The Labute approximate surface area is 154 Å². The van der Waals surface area contributed by atoms with Gasteiger partial charge in [0.25, 0.3) is 0 Å². The molecule has 0 saturated carbocycles. The van der Waals surface area contributed by atoms with Gasteiger partial charge in [-0.1, -0.05) is 11.6 Å². The fourth-order valence-corrected chi connectivity index (χ4v) is 4.45. The molecule has 1 aromatic rings. The summed E-state index contributed by atoms with van der Waals surface area (Å²) in [7, 11) is -3.62. The minimum atomic E-state index is -3.62. The van der Waals surface area contributed by atoms with Gasteiger partial charge in [0.1, 0.15) is 4.90 Å². The molecular weight excluding hydrogens is 373 g/mol. The second kappa shape index (κ2) is 9.01. The fraction of sp³-hybridized carbons (Fsp3) is 0.533. The fourth-order valence-electron chi connectivity index (χ4n) is 2.43. The molecule has 1 fully saturated rings. The van der Waals surface area contributed by atoms with E-state index in [1.165, 1.54) is 16.4 Å². The summed E-state index contributed by atoms with van der Waals surface area (Å²) >= 11 is 6.06. The highest BCUT2D eigenvalue weighted by atomic mass is 35.5. The molecule has 6 nitrogen and oxygen atoms in total. The molecule has 3 N–H and O–H groups in total. The Hall–Kier alpha value is -0.860. The highest BCUT2D eigenvalue weighted by molar-refractivity contribution is 7.89. The molecule has 9 heteroatoms. The topological polar surface area (TPSA) is 92.5 Å². The number of hydrogen-bond donors (Lipinski definition) is 2. The first-order valence-corrected chi connectivity index (χ1v) is 9.47. The lowest BCUT2D eigenvalue weighted by Gasteiger charge is -2.17. The molecule has 1 aliphatic rings. The van der Waals surface area contributed by atoms with E-state index in [9.17, 15) is 13.2 Å². The lowest BCUT2D eigenvalue weighted by atomic mass is 10.2. The number of nitrogens with zero attached hydrogens (tertiary/aromatic N) is 1. The SMILES string of the molecule is CC(N)CCC(=O)Nc1ccc(Cl)c(S(=O)(=O)N2CCCC2)c1.Cl. The van der Waals surface area contributed by atoms with Crippen LogP contribution in [0.15, 0.2) is 23.1 Å². The van der Waals surface area contributed by atoms with E-state index < -0.39 is 10.0 Å². The number of carbonyl (C=O) groups excluding carboxylic acids is 1. The Morgan fingerprint density at radius 2 is 2.00 bits per heavy atom. The van der Waals surface area contributed by atoms with Crippen molar-refractivity contribution in [1.82, 2.24) is 4.31 Å². The van der Waals surface area contributed by atoms with Crippen LogP contribution in [-0.2, 0) is 14.8 Å². The molecule has 1 atom stereocenters. The summed E-state index contributed by atoms with van der Waals surface area (Å²) in [5.74, 6) is -0.200. The second-order valence-electron chi connectivity index (χ2n) is 5.82. The van der Waals surface area contributed by atoms with Crippen molar-refractivity contribution in [2.45, 2.75) is 43.5 Å². The summed E-state index contributed by atoms with van der Waals surface area (Å²) in [4.78, 5) is 11.9. The quantitative estimate of drug-likeness (QED) is 0.773. The van der Waals surface area contributed by atoms with E-state index in [0.717, 1.165) is 12.8 Å². The van der Waals surface area contributed by atoms with E-state index in [-0.39, 0.29) is 40.7 Å². The average molecular weight is 396 g/mol. The van der Waals surface area contributed by atoms with E-state index in [4.69, 9.17) is 17.3 Å². The molecule has 0 bridgehead atoms. The number of amides is 1. The Bertz CT molecular complexity index is 675. The van der Waals surface area contributed by atoms with E-state index in [2.05, 4.69) is 5.32 Å². The molecule has 136 valence electrons. The minimum absolute atomic E-state index is 0. The monoisotopic (exact) mass is 395 g/mol. The summed E-state index contributed by atoms with van der Waals surface area (Å²) in [6, 6.07) is 4.44. The Kier molecular flexibility index (Phi) is 7.95. The molecule has 2 rings (SSSR count). The van der Waals surface area contributed by atoms with Gasteiger partial charge in [-0.3, -0.25) is 4.79 Å². The van der Waals surface area contributed by atoms with Crippen molar-refractivity contribution in [3.8, 4) is 0 Å². The molecule has 0 spiro atoms. The van der Waals surface area contributed by atoms with Crippen molar-refractivity contribution >= 4 is 45.6 Å². The van der Waals surface area contributed by atoms with Gasteiger partial charge in [-0.05, 0) is 44.4 Å². The third-order valence-electron chi connectivity index (χ3n) is 3.72. The number of sulfonamides is 1. The maximum absolute atomic E-state index is 12.6. The maximum Gasteiger partial charge on any atom is 0.244 e. The van der Waals surface area contributed by atoms with Crippen LogP contribution in [0.5, 0.6) is 0 Å². The van der Waals surface area contributed by atoms with Crippen molar-refractivity contribution < 1.29 is 13.2 Å². The lowest BCUT2D eigenvalue weighted by molar-refractivity contribution is -0.116. The Morgan fingerprint density at radius 3 is 2.58 bits per heavy atom. The predicted octanol–water partition coefficient (Wildman–Crippen LogP) is 2.61. The van der Waals surface area contributed by atoms with Gasteiger partial charge in [-0.2, -0.15) is 4.31 Å². The molecule has 0 radical (unpaired) electrons. The first-order valence-electron chi connectivity index (χ1n) is 7.66. The van der Waals surface area contributed by atoms with Crippen molar-refractivity contribution in [2.75, 3.05) is 18.4 Å². The minimum Gasteiger partial charge on any atom is -0.328 e. The number of hydrogen-bond acceptors (Lipinski definition) is 4. The first-order chi connectivity index (χ1) is 10.8. The maximum atomic E-state index is 12.6. The Balaban J connectivity index is 0.00000288. The van der Waals surface area contributed by atoms with Crippen LogP contribution < -0.4 is 11.1 Å². The van der Waals surface area contributed by atoms with E-state index in [1.807, 2.05) is 6.92 Å². The van der Waals surface area contributed by atoms with Gasteiger partial charge >= 0.3 is 0 Å². The summed E-state index contributed by atoms with van der Waals surface area (Å²) in [5, 5.41) is 2.85. The van der Waals surface area contributed by atoms with Crippen LogP contribution in [0.25, 0.3) is 0 Å². The normalized spacial score (nSPS) is 16.5. The molecule has 0 aromatic heterocycles. The number of rotatable bonds is 6. The highest BCUT2D eigenvalue weighted by Crippen LogP contribution is 2.29. The van der Waals surface area contributed by atoms with Crippen molar-refractivity contribution in [3.63, 3.8) is 0 Å². The second-order valence-corrected chi connectivity index (χ2v) is 8.13. The van der Waals surface area contributed by atoms with Crippen molar-refractivity contribution in [1.29, 1.82) is 0 Å². The van der Waals surface area contributed by atoms with E-state index >= 15 is 0 Å². The van der Waals surface area contributed by atoms with Gasteiger partial charge in [-0.15, -0.1) is 12.4 Å². The zero-order chi connectivity index (χ0) is 17.0. The van der Waals surface area contributed by atoms with Gasteiger partial charge in [0.2, 0.25) is 15.9 Å². The third-order valence-corrected chi connectivity index (χ3v) is 6.10. The van der Waals surface area contributed by atoms with Crippen LogP contribution in [0.3, 0.4) is 0 Å². The van der Waals surface area contributed by atoms with Crippen LogP contribution in [0.2, 0.25) is 5.02 Å². The summed E-state index contributed by atoms with van der Waals surface area (Å²) < 4.78 is 26.7. The standard InChI is InChI=1S/C15H22ClN3O3S.ClH/c1-11(17)4-7-15(20)18-12-5-6-13(16)14(10-12)23(21,22)19-8-2-3-9-19;/h5-6,10-11H,2-4,7-9,17H2,1H3,(H,18,20);1H. The molecule has 1 unspecified atom stereocenters. The Morgan fingerprint density at radius 1 is 1.38 bits per heavy atom. The molecule has 24 heavy (non-hydrogen) atoms. The van der Waals surface area contributed by atoms with Gasteiger partial charge in [0, 0.05) is 31.2 Å². The third kappa shape index (κ3) is 5.32. The average Bonchev–Trinajstić information content (AvgIpc) is 3.02. The highest BCUT2D eigenvalue weighted by Gasteiger charge is 2.29. The largest absolute Gasteiger partial charge is 0.328 e. The molecule has 1 aliphatic heterocycles. The van der Waals surface area contributed by atoms with E-state index in [1.54, 1.807) is 6.07 Å². The van der Waals surface area contributed by atoms with Crippen LogP contribution in [-0.4, -0.2) is 37.8 Å². The van der Waals surface area contributed by atoms with Crippen LogP contribution in [0.4, 0.5) is 5.69 Å². The molecule has 1 amide bonds. The zero-order valence-corrected chi connectivity index (χ0v) is 15.9. The molecule has 0 aliphatic carbocycles. The number of nitrogens with two attached hydrogens (primary N) is 1. The van der Waals surface area contributed by atoms with Gasteiger partial charge in [0.05, 0.1) is 5.02 Å². The van der Waals surface area contributed by atoms with Crippen LogP contribution in [0.1, 0.15) is 32.6 Å². The van der Waals surface area contributed by atoms with Crippen LogP contribution >= 0.6 is 24.0 Å². The molecule has 1 saturated heterocycles. The first kappa shape index (κ1) is 21.2. The van der Waals surface area contributed by atoms with Gasteiger partial charge < -0.3 is 11.1 Å². The lowest BCUT2D eigenvalue weighted by Crippen LogP contribution is -2.28. The van der Waals surface area contributed by atoms with Crippen molar-refractivity contribution in [2.24, 2.45) is 5.73 Å². The van der Waals surface area contributed by atoms with E-state index in [0.29, 0.717) is 25.2 Å². The number of benzene rings is 1. The smallest absolute Gasteiger partial charge is 0.244 e. The summed E-state index contributed by atoms with van der Waals surface area (Å²) in [6.07, 6.45) is 2.56. The summed E-state index contributed by atoms with van der Waals surface area (Å²) in [6.45, 7) is 2.84. The van der Waals surface area contributed by atoms with Gasteiger partial charge in [0.15, 0.2) is 0 Å². The van der Waals surface area contributed by atoms with Gasteiger partial charge in [-0.25, -0.2) is 8.42 Å². The number of carbonyl (C=O) groups is 1. The number of anilines is 1. The molecular formula is C15H23Cl2N3O3S. The van der Waals surface area contributed by atoms with Crippen molar-refractivity contribution in [3.05, 3.63) is 23.2 Å². The van der Waals surface area contributed by atoms with Crippen LogP contribution in [0, 0.1) is 0 Å². The zero-order valence-electron chi connectivity index (χ0n) is 13.5. The number of nitrogens with one attached hydrogen (secondary N) is 1. The molecule has 1 aromatic carbocycles. The predicted molar refractivity (Wildman–Crippen MR) is 98.2 cm³/mol. The summed E-state index contributed by atoms with van der Waals surface area (Å²) in [5.41, 5.74) is 6.04. The number of halogens is 2.